The van der Waals surface area contributed by atoms with E-state index in [1.807, 2.05) is 12.1 Å². The normalized spacial score (nSPS) is 26.1. The summed E-state index contributed by atoms with van der Waals surface area (Å²) in [5.41, 5.74) is 7.65. The van der Waals surface area contributed by atoms with E-state index in [0.717, 1.165) is 31.0 Å². The lowest BCUT2D eigenvalue weighted by atomic mass is 10.2. The Bertz CT molecular complexity index is 359. The largest absolute Gasteiger partial charge is 0.373 e. The molecule has 1 aliphatic rings. The van der Waals surface area contributed by atoms with Gasteiger partial charge in [0, 0.05) is 26.2 Å². The molecule has 2 N–H and O–H groups in total. The van der Waals surface area contributed by atoms with Crippen LogP contribution >= 0.6 is 0 Å². The zero-order valence-electron chi connectivity index (χ0n) is 10.6. The third-order valence-electron chi connectivity index (χ3n) is 2.95. The SMILES string of the molecule is CC1CN(Cc2cccc(CN)n2)CC(C)O1. The number of rotatable bonds is 3. The fraction of sp³-hybridized carbons (Fsp3) is 0.615. The lowest BCUT2D eigenvalue weighted by Crippen LogP contribution is -2.44. The summed E-state index contributed by atoms with van der Waals surface area (Å²) in [6, 6.07) is 6.05. The first-order chi connectivity index (χ1) is 8.17. The molecule has 2 rings (SSSR count). The Morgan fingerprint density at radius 2 is 1.94 bits per heavy atom. The molecule has 0 bridgehead atoms. The molecule has 17 heavy (non-hydrogen) atoms. The van der Waals surface area contributed by atoms with Crippen molar-refractivity contribution in [2.45, 2.75) is 39.1 Å². The molecule has 94 valence electrons. The topological polar surface area (TPSA) is 51.4 Å². The molecular formula is C13H21N3O. The number of ether oxygens (including phenoxy) is 1. The second kappa shape index (κ2) is 5.58. The average molecular weight is 235 g/mol. The van der Waals surface area contributed by atoms with E-state index in [1.54, 1.807) is 0 Å². The van der Waals surface area contributed by atoms with E-state index in [9.17, 15) is 0 Å². The Morgan fingerprint density at radius 1 is 1.29 bits per heavy atom. The Kier molecular flexibility index (Phi) is 4.10. The molecule has 1 aromatic heterocycles. The molecule has 0 spiro atoms. The van der Waals surface area contributed by atoms with Crippen molar-refractivity contribution in [1.82, 2.24) is 9.88 Å². The van der Waals surface area contributed by atoms with Crippen molar-refractivity contribution in [3.63, 3.8) is 0 Å². The van der Waals surface area contributed by atoms with E-state index in [1.165, 1.54) is 0 Å². The van der Waals surface area contributed by atoms with Crippen LogP contribution in [0.4, 0.5) is 0 Å². The monoisotopic (exact) mass is 235 g/mol. The zero-order chi connectivity index (χ0) is 12.3. The van der Waals surface area contributed by atoms with Gasteiger partial charge >= 0.3 is 0 Å². The molecule has 1 aliphatic heterocycles. The van der Waals surface area contributed by atoms with Gasteiger partial charge in [0.05, 0.1) is 23.6 Å². The minimum Gasteiger partial charge on any atom is -0.373 e. The highest BCUT2D eigenvalue weighted by Crippen LogP contribution is 2.13. The van der Waals surface area contributed by atoms with Crippen molar-refractivity contribution in [3.05, 3.63) is 29.6 Å². The second-order valence-electron chi connectivity index (χ2n) is 4.78. The van der Waals surface area contributed by atoms with Crippen LogP contribution in [0.5, 0.6) is 0 Å². The Labute approximate surface area is 103 Å². The van der Waals surface area contributed by atoms with Gasteiger partial charge in [-0.05, 0) is 26.0 Å². The molecular weight excluding hydrogens is 214 g/mol. The first-order valence-corrected chi connectivity index (χ1v) is 6.20. The predicted octanol–water partition coefficient (Wildman–Crippen LogP) is 1.15. The van der Waals surface area contributed by atoms with Crippen LogP contribution in [-0.2, 0) is 17.8 Å². The summed E-state index contributed by atoms with van der Waals surface area (Å²) >= 11 is 0. The van der Waals surface area contributed by atoms with Crippen molar-refractivity contribution in [2.75, 3.05) is 13.1 Å². The number of hydrogen-bond acceptors (Lipinski definition) is 4. The van der Waals surface area contributed by atoms with Crippen LogP contribution in [0.3, 0.4) is 0 Å². The maximum Gasteiger partial charge on any atom is 0.0678 e. The lowest BCUT2D eigenvalue weighted by molar-refractivity contribution is -0.0707. The Balaban J connectivity index is 1.99. The van der Waals surface area contributed by atoms with Crippen molar-refractivity contribution >= 4 is 0 Å². The number of aromatic nitrogens is 1. The molecule has 2 atom stereocenters. The molecule has 1 aromatic rings. The fourth-order valence-electron chi connectivity index (χ4n) is 2.37. The quantitative estimate of drug-likeness (QED) is 0.854. The summed E-state index contributed by atoms with van der Waals surface area (Å²) in [7, 11) is 0. The van der Waals surface area contributed by atoms with E-state index in [-0.39, 0.29) is 0 Å². The summed E-state index contributed by atoms with van der Waals surface area (Å²) in [5.74, 6) is 0. The van der Waals surface area contributed by atoms with E-state index in [4.69, 9.17) is 10.5 Å². The summed E-state index contributed by atoms with van der Waals surface area (Å²) < 4.78 is 5.72. The third kappa shape index (κ3) is 3.49. The maximum absolute atomic E-state index is 5.72. The van der Waals surface area contributed by atoms with Gasteiger partial charge in [0.2, 0.25) is 0 Å². The van der Waals surface area contributed by atoms with Gasteiger partial charge in [-0.3, -0.25) is 9.88 Å². The second-order valence-corrected chi connectivity index (χ2v) is 4.78. The summed E-state index contributed by atoms with van der Waals surface area (Å²) in [6.45, 7) is 7.56. The summed E-state index contributed by atoms with van der Waals surface area (Å²) in [5, 5.41) is 0. The minimum atomic E-state index is 0.302. The fourth-order valence-corrected chi connectivity index (χ4v) is 2.37. The molecule has 1 saturated heterocycles. The Hall–Kier alpha value is -0.970. The van der Waals surface area contributed by atoms with Crippen molar-refractivity contribution in [1.29, 1.82) is 0 Å². The van der Waals surface area contributed by atoms with Gasteiger partial charge in [-0.15, -0.1) is 0 Å². The molecule has 1 fully saturated rings. The first kappa shape index (κ1) is 12.5. The van der Waals surface area contributed by atoms with E-state index >= 15 is 0 Å². The zero-order valence-corrected chi connectivity index (χ0v) is 10.6. The third-order valence-corrected chi connectivity index (χ3v) is 2.95. The molecule has 4 nitrogen and oxygen atoms in total. The molecule has 0 saturated carbocycles. The van der Waals surface area contributed by atoms with Crippen LogP contribution < -0.4 is 5.73 Å². The smallest absolute Gasteiger partial charge is 0.0678 e. The number of morpholine rings is 1. The van der Waals surface area contributed by atoms with Crippen molar-refractivity contribution < 1.29 is 4.74 Å². The molecule has 0 aliphatic carbocycles. The van der Waals surface area contributed by atoms with Crippen LogP contribution in [0, 0.1) is 0 Å². The standard InChI is InChI=1S/C13H21N3O/c1-10-7-16(8-11(2)17-10)9-13-5-3-4-12(6-14)15-13/h3-5,10-11H,6-9,14H2,1-2H3. The molecule has 2 unspecified atom stereocenters. The minimum absolute atomic E-state index is 0.302. The first-order valence-electron chi connectivity index (χ1n) is 6.20. The molecule has 0 radical (unpaired) electrons. The number of hydrogen-bond donors (Lipinski definition) is 1. The Morgan fingerprint density at radius 3 is 2.59 bits per heavy atom. The molecule has 0 aromatic carbocycles. The van der Waals surface area contributed by atoms with Crippen LogP contribution in [0.15, 0.2) is 18.2 Å². The van der Waals surface area contributed by atoms with Crippen LogP contribution in [0.2, 0.25) is 0 Å². The van der Waals surface area contributed by atoms with Gasteiger partial charge in [-0.25, -0.2) is 0 Å². The molecule has 0 amide bonds. The van der Waals surface area contributed by atoms with E-state index < -0.39 is 0 Å². The van der Waals surface area contributed by atoms with Crippen LogP contribution in [0.1, 0.15) is 25.2 Å². The maximum atomic E-state index is 5.72. The van der Waals surface area contributed by atoms with Gasteiger partial charge in [0.15, 0.2) is 0 Å². The van der Waals surface area contributed by atoms with Crippen LogP contribution in [-0.4, -0.2) is 35.2 Å². The highest BCUT2D eigenvalue weighted by atomic mass is 16.5. The highest BCUT2D eigenvalue weighted by Gasteiger charge is 2.22. The van der Waals surface area contributed by atoms with Gasteiger partial charge in [0.25, 0.3) is 0 Å². The van der Waals surface area contributed by atoms with E-state index in [0.29, 0.717) is 18.8 Å². The molecule has 2 heterocycles. The average Bonchev–Trinajstić information content (AvgIpc) is 2.28. The van der Waals surface area contributed by atoms with Gasteiger partial charge in [-0.1, -0.05) is 6.07 Å². The summed E-state index contributed by atoms with van der Waals surface area (Å²) in [6.07, 6.45) is 0.605. The van der Waals surface area contributed by atoms with Crippen molar-refractivity contribution in [2.24, 2.45) is 5.73 Å². The number of nitrogens with two attached hydrogens (primary N) is 1. The highest BCUT2D eigenvalue weighted by molar-refractivity contribution is 5.11. The van der Waals surface area contributed by atoms with Gasteiger partial charge in [0.1, 0.15) is 0 Å². The van der Waals surface area contributed by atoms with Gasteiger partial charge < -0.3 is 10.5 Å². The summed E-state index contributed by atoms with van der Waals surface area (Å²) in [4.78, 5) is 6.92. The van der Waals surface area contributed by atoms with Crippen molar-refractivity contribution in [3.8, 4) is 0 Å². The number of nitrogens with zero attached hydrogens (tertiary/aromatic N) is 2. The number of pyridine rings is 1. The van der Waals surface area contributed by atoms with E-state index in [2.05, 4.69) is 29.8 Å². The van der Waals surface area contributed by atoms with Crippen LogP contribution in [0.25, 0.3) is 0 Å². The van der Waals surface area contributed by atoms with Gasteiger partial charge in [-0.2, -0.15) is 0 Å². The lowest BCUT2D eigenvalue weighted by Gasteiger charge is -2.35. The molecule has 4 heteroatoms. The predicted molar refractivity (Wildman–Crippen MR) is 67.4 cm³/mol.